The minimum Gasteiger partial charge on any atom is -0.508 e. The van der Waals surface area contributed by atoms with Crippen LogP contribution in [0.3, 0.4) is 0 Å². The van der Waals surface area contributed by atoms with Gasteiger partial charge in [0.25, 0.3) is 0 Å². The highest BCUT2D eigenvalue weighted by Gasteiger charge is 2.26. The van der Waals surface area contributed by atoms with E-state index in [1.165, 1.54) is 84.9 Å². The molecule has 0 spiro atoms. The van der Waals surface area contributed by atoms with E-state index in [0.717, 1.165) is 0 Å². The molecule has 1 atom stereocenters. The van der Waals surface area contributed by atoms with Gasteiger partial charge in [-0.2, -0.15) is 0 Å². The van der Waals surface area contributed by atoms with E-state index in [1.807, 2.05) is 0 Å². The van der Waals surface area contributed by atoms with Crippen molar-refractivity contribution >= 4 is 23.9 Å². The number of carbonyl (C=O) groups is 4. The molecule has 1 unspecified atom stereocenters. The van der Waals surface area contributed by atoms with Crippen molar-refractivity contribution in [3.8, 4) is 23.0 Å². The highest BCUT2D eigenvalue weighted by Crippen LogP contribution is 2.28. The van der Waals surface area contributed by atoms with Crippen LogP contribution in [0.4, 0.5) is 0 Å². The lowest BCUT2D eigenvalue weighted by atomic mass is 9.98. The maximum atomic E-state index is 12.8. The monoisotopic (exact) mass is 660 g/mol. The molecule has 0 fully saturated rings. The normalized spacial score (nSPS) is 11.6. The summed E-state index contributed by atoms with van der Waals surface area (Å²) in [5.74, 6) is -1.75. The van der Waals surface area contributed by atoms with Crippen molar-refractivity contribution < 1.29 is 48.3 Å². The van der Waals surface area contributed by atoms with Gasteiger partial charge in [0, 0.05) is 0 Å². The van der Waals surface area contributed by atoms with E-state index in [1.54, 1.807) is 57.2 Å². The summed E-state index contributed by atoms with van der Waals surface area (Å²) < 4.78 is 22.0. The summed E-state index contributed by atoms with van der Waals surface area (Å²) in [5.41, 5.74) is 1.34. The van der Waals surface area contributed by atoms with Gasteiger partial charge >= 0.3 is 23.9 Å². The van der Waals surface area contributed by atoms with Crippen molar-refractivity contribution in [2.24, 2.45) is 0 Å². The molecule has 0 saturated heterocycles. The van der Waals surface area contributed by atoms with Gasteiger partial charge in [0.1, 0.15) is 34.7 Å². The number of ether oxygens (including phenoxy) is 4. The molecule has 0 saturated carbocycles. The predicted molar refractivity (Wildman–Crippen MR) is 178 cm³/mol. The standard InChI is InChI=1S/C39H32O10/c1-24(46-35(42)26-4-6-27(7-5-26)37(44)48-34-22-18-32(41)19-23-34)25-12-20-33(21-13-25)47-36(43)28-8-10-29(11-9-28)38(45)49-39(2,3)30-14-16-31(40)17-15-30/h4-24,40-41H,1-3H3. The van der Waals surface area contributed by atoms with Crippen LogP contribution >= 0.6 is 0 Å². The fourth-order valence-electron chi connectivity index (χ4n) is 4.65. The number of phenolic OH excluding ortho intramolecular Hbond substituents is 2. The van der Waals surface area contributed by atoms with Gasteiger partial charge in [-0.25, -0.2) is 19.2 Å². The lowest BCUT2D eigenvalue weighted by Gasteiger charge is -2.25. The van der Waals surface area contributed by atoms with E-state index >= 15 is 0 Å². The van der Waals surface area contributed by atoms with Crippen LogP contribution in [0.5, 0.6) is 23.0 Å². The van der Waals surface area contributed by atoms with Crippen LogP contribution in [0.25, 0.3) is 0 Å². The Kier molecular flexibility index (Phi) is 10.1. The molecule has 0 radical (unpaired) electrons. The molecule has 0 heterocycles. The van der Waals surface area contributed by atoms with Gasteiger partial charge in [0.05, 0.1) is 22.3 Å². The Labute approximate surface area is 282 Å². The molecule has 248 valence electrons. The maximum absolute atomic E-state index is 12.8. The number of phenols is 2. The topological polar surface area (TPSA) is 146 Å². The van der Waals surface area contributed by atoms with Crippen molar-refractivity contribution in [3.63, 3.8) is 0 Å². The highest BCUT2D eigenvalue weighted by molar-refractivity contribution is 5.95. The van der Waals surface area contributed by atoms with Gasteiger partial charge in [-0.15, -0.1) is 0 Å². The summed E-state index contributed by atoms with van der Waals surface area (Å²) >= 11 is 0. The summed E-state index contributed by atoms with van der Waals surface area (Å²) in [4.78, 5) is 50.7. The minimum atomic E-state index is -0.954. The number of carbonyl (C=O) groups excluding carboxylic acids is 4. The van der Waals surface area contributed by atoms with Gasteiger partial charge in [-0.05, 0) is 129 Å². The first-order valence-corrected chi connectivity index (χ1v) is 15.2. The molecule has 5 aromatic rings. The number of aromatic hydroxyl groups is 2. The fraction of sp³-hybridized carbons (Fsp3) is 0.128. The zero-order valence-corrected chi connectivity index (χ0v) is 26.8. The summed E-state index contributed by atoms with van der Waals surface area (Å²) in [7, 11) is 0. The lowest BCUT2D eigenvalue weighted by molar-refractivity contribution is -0.00320. The summed E-state index contributed by atoms with van der Waals surface area (Å²) in [6.07, 6.45) is -0.636. The highest BCUT2D eigenvalue weighted by atomic mass is 16.6. The molecule has 0 aliphatic carbocycles. The van der Waals surface area contributed by atoms with Crippen molar-refractivity contribution in [1.82, 2.24) is 0 Å². The van der Waals surface area contributed by atoms with E-state index in [4.69, 9.17) is 18.9 Å². The Balaban J connectivity index is 1.12. The molecule has 0 aromatic heterocycles. The molecule has 0 aliphatic rings. The predicted octanol–water partition coefficient (Wildman–Crippen LogP) is 7.55. The van der Waals surface area contributed by atoms with Crippen LogP contribution in [0, 0.1) is 0 Å². The molecule has 0 bridgehead atoms. The first-order valence-electron chi connectivity index (χ1n) is 15.2. The Morgan fingerprint density at radius 2 is 0.878 bits per heavy atom. The van der Waals surface area contributed by atoms with Crippen LogP contribution in [0.1, 0.15) is 79.4 Å². The summed E-state index contributed by atoms with van der Waals surface area (Å²) in [6.45, 7) is 5.17. The summed E-state index contributed by atoms with van der Waals surface area (Å²) in [6, 6.07) is 30.3. The number of benzene rings is 5. The Morgan fingerprint density at radius 3 is 1.33 bits per heavy atom. The molecule has 5 aromatic carbocycles. The van der Waals surface area contributed by atoms with Crippen molar-refractivity contribution in [2.75, 3.05) is 0 Å². The van der Waals surface area contributed by atoms with Crippen molar-refractivity contribution in [3.05, 3.63) is 155 Å². The van der Waals surface area contributed by atoms with Crippen LogP contribution in [-0.4, -0.2) is 34.1 Å². The average molecular weight is 661 g/mol. The SMILES string of the molecule is CC(OC(=O)c1ccc(C(=O)Oc2ccc(O)cc2)cc1)c1ccc(OC(=O)c2ccc(C(=O)OC(C)(C)c3ccc(O)cc3)cc2)cc1. The minimum absolute atomic E-state index is 0.0469. The Hall–Kier alpha value is -6.42. The van der Waals surface area contributed by atoms with Crippen LogP contribution < -0.4 is 9.47 Å². The molecule has 2 N–H and O–H groups in total. The zero-order chi connectivity index (χ0) is 35.1. The number of rotatable bonds is 10. The third-order valence-electron chi connectivity index (χ3n) is 7.51. The van der Waals surface area contributed by atoms with Crippen LogP contribution in [0.2, 0.25) is 0 Å². The molecule has 10 nitrogen and oxygen atoms in total. The van der Waals surface area contributed by atoms with Gasteiger partial charge in [0.2, 0.25) is 0 Å². The second kappa shape index (κ2) is 14.6. The molecule has 10 heteroatoms. The third-order valence-corrected chi connectivity index (χ3v) is 7.51. The van der Waals surface area contributed by atoms with Crippen molar-refractivity contribution in [1.29, 1.82) is 0 Å². The largest absolute Gasteiger partial charge is 0.508 e. The quantitative estimate of drug-likeness (QED) is 0.114. The first-order chi connectivity index (χ1) is 23.4. The van der Waals surface area contributed by atoms with E-state index in [9.17, 15) is 29.4 Å². The second-order valence-electron chi connectivity index (χ2n) is 11.5. The maximum Gasteiger partial charge on any atom is 0.343 e. The van der Waals surface area contributed by atoms with Gasteiger partial charge in [-0.1, -0.05) is 24.3 Å². The Bertz CT molecular complexity index is 1940. The summed E-state index contributed by atoms with van der Waals surface area (Å²) in [5, 5.41) is 18.9. The van der Waals surface area contributed by atoms with Gasteiger partial charge < -0.3 is 29.2 Å². The zero-order valence-electron chi connectivity index (χ0n) is 26.8. The fourth-order valence-corrected chi connectivity index (χ4v) is 4.65. The van der Waals surface area contributed by atoms with Crippen LogP contribution in [-0.2, 0) is 15.1 Å². The second-order valence-corrected chi connectivity index (χ2v) is 11.5. The molecular weight excluding hydrogens is 628 g/mol. The molecule has 49 heavy (non-hydrogen) atoms. The van der Waals surface area contributed by atoms with Gasteiger partial charge in [0.15, 0.2) is 0 Å². The van der Waals surface area contributed by atoms with E-state index in [2.05, 4.69) is 0 Å². The molecular formula is C39H32O10. The lowest BCUT2D eigenvalue weighted by Crippen LogP contribution is -2.25. The molecule has 5 rings (SSSR count). The van der Waals surface area contributed by atoms with E-state index < -0.39 is 35.6 Å². The number of hydrogen-bond donors (Lipinski definition) is 2. The number of esters is 4. The average Bonchev–Trinajstić information content (AvgIpc) is 3.09. The first kappa shape index (κ1) is 33.9. The van der Waals surface area contributed by atoms with Crippen LogP contribution in [0.15, 0.2) is 121 Å². The number of hydrogen-bond acceptors (Lipinski definition) is 10. The molecule has 0 amide bonds. The Morgan fingerprint density at radius 1 is 0.510 bits per heavy atom. The van der Waals surface area contributed by atoms with Gasteiger partial charge in [-0.3, -0.25) is 0 Å². The third kappa shape index (κ3) is 8.69. The van der Waals surface area contributed by atoms with E-state index in [-0.39, 0.29) is 45.3 Å². The smallest absolute Gasteiger partial charge is 0.343 e. The van der Waals surface area contributed by atoms with E-state index in [0.29, 0.717) is 11.1 Å². The van der Waals surface area contributed by atoms with Crippen molar-refractivity contribution in [2.45, 2.75) is 32.5 Å². The molecule has 0 aliphatic heterocycles.